The molecule has 7 nitrogen and oxygen atoms in total. The molecule has 0 spiro atoms. The third kappa shape index (κ3) is 3.64. The molecule has 2 heterocycles. The van der Waals surface area contributed by atoms with Crippen LogP contribution >= 0.6 is 0 Å². The van der Waals surface area contributed by atoms with Gasteiger partial charge >= 0.3 is 6.03 Å². The number of alkyl halides is 1. The van der Waals surface area contributed by atoms with Crippen molar-refractivity contribution in [2.75, 3.05) is 25.1 Å². The minimum absolute atomic E-state index is 0.0111. The molecule has 0 bridgehead atoms. The maximum Gasteiger partial charge on any atom is 0.322 e. The van der Waals surface area contributed by atoms with Gasteiger partial charge in [-0.2, -0.15) is 4.98 Å². The highest BCUT2D eigenvalue weighted by Crippen LogP contribution is 2.31. The smallest absolute Gasteiger partial charge is 0.322 e. The van der Waals surface area contributed by atoms with E-state index >= 15 is 0 Å². The molecule has 1 aliphatic rings. The fraction of sp³-hybridized carbons (Fsp3) is 0.438. The van der Waals surface area contributed by atoms with Gasteiger partial charge in [0.25, 0.3) is 0 Å². The number of benzene rings is 1. The molecule has 3 rings (SSSR count). The molecule has 8 heteroatoms. The molecular weight excluding hydrogens is 315 g/mol. The predicted molar refractivity (Wildman–Crippen MR) is 84.6 cm³/mol. The summed E-state index contributed by atoms with van der Waals surface area (Å²) in [5, 5.41) is 6.76. The quantitative estimate of drug-likeness (QED) is 0.909. The highest BCUT2D eigenvalue weighted by atomic mass is 19.1. The van der Waals surface area contributed by atoms with Gasteiger partial charge in [0.2, 0.25) is 5.89 Å². The van der Waals surface area contributed by atoms with Crippen LogP contribution in [-0.2, 0) is 0 Å². The molecule has 0 radical (unpaired) electrons. The van der Waals surface area contributed by atoms with Crippen molar-refractivity contribution >= 4 is 11.7 Å². The van der Waals surface area contributed by atoms with Crippen molar-refractivity contribution in [3.8, 4) is 5.75 Å². The van der Waals surface area contributed by atoms with Gasteiger partial charge in [0.1, 0.15) is 19.0 Å². The molecule has 0 unspecified atom stereocenters. The second-order valence-electron chi connectivity index (χ2n) is 5.52. The number of aryl methyl sites for hydroxylation is 1. The summed E-state index contributed by atoms with van der Waals surface area (Å²) in [7, 11) is 0. The summed E-state index contributed by atoms with van der Waals surface area (Å²) in [6.07, 6.45) is 1.68. The molecule has 1 N–H and O–H groups in total. The van der Waals surface area contributed by atoms with Crippen LogP contribution in [0.2, 0.25) is 0 Å². The van der Waals surface area contributed by atoms with E-state index in [1.807, 2.05) is 0 Å². The Morgan fingerprint density at radius 2 is 2.42 bits per heavy atom. The number of nitrogens with zero attached hydrogens (tertiary/aromatic N) is 3. The van der Waals surface area contributed by atoms with E-state index in [0.717, 1.165) is 12.8 Å². The average molecular weight is 334 g/mol. The van der Waals surface area contributed by atoms with E-state index < -0.39 is 6.67 Å². The lowest BCUT2D eigenvalue weighted by molar-refractivity contribution is 0.204. The van der Waals surface area contributed by atoms with Crippen LogP contribution in [0.25, 0.3) is 0 Å². The lowest BCUT2D eigenvalue weighted by Gasteiger charge is -2.22. The number of hydrogen-bond acceptors (Lipinski definition) is 5. The number of anilines is 1. The summed E-state index contributed by atoms with van der Waals surface area (Å²) in [6, 6.07) is 6.45. The number of amides is 2. The number of hydrogen-bond donors (Lipinski definition) is 1. The Labute approximate surface area is 138 Å². The molecule has 1 aromatic heterocycles. The van der Waals surface area contributed by atoms with Crippen LogP contribution in [0.5, 0.6) is 5.75 Å². The first kappa shape index (κ1) is 16.2. The Kier molecular flexibility index (Phi) is 4.93. The Morgan fingerprint density at radius 3 is 3.17 bits per heavy atom. The minimum atomic E-state index is -0.559. The average Bonchev–Trinajstić information content (AvgIpc) is 3.21. The molecular formula is C16H19FN4O3. The van der Waals surface area contributed by atoms with Gasteiger partial charge in [-0.15, -0.1) is 0 Å². The molecule has 1 fully saturated rings. The molecule has 1 aliphatic heterocycles. The van der Waals surface area contributed by atoms with Gasteiger partial charge in [-0.05, 0) is 25.0 Å². The van der Waals surface area contributed by atoms with Crippen LogP contribution in [0.4, 0.5) is 14.9 Å². The summed E-state index contributed by atoms with van der Waals surface area (Å²) in [5.41, 5.74) is 0.589. The van der Waals surface area contributed by atoms with Crippen molar-refractivity contribution in [2.24, 2.45) is 0 Å². The Hall–Kier alpha value is -2.64. The van der Waals surface area contributed by atoms with E-state index in [9.17, 15) is 9.18 Å². The number of halogens is 1. The molecule has 24 heavy (non-hydrogen) atoms. The van der Waals surface area contributed by atoms with Crippen LogP contribution in [-0.4, -0.2) is 40.9 Å². The molecule has 2 aromatic rings. The predicted octanol–water partition coefficient (Wildman–Crippen LogP) is 3.10. The fourth-order valence-corrected chi connectivity index (χ4v) is 2.74. The zero-order valence-electron chi connectivity index (χ0n) is 13.4. The Balaban J connectivity index is 1.67. The largest absolute Gasteiger partial charge is 0.491 e. The first-order valence-electron chi connectivity index (χ1n) is 7.84. The number of rotatable bonds is 5. The summed E-state index contributed by atoms with van der Waals surface area (Å²) < 4.78 is 22.4. The summed E-state index contributed by atoms with van der Waals surface area (Å²) >= 11 is 0. The summed E-state index contributed by atoms with van der Waals surface area (Å²) in [4.78, 5) is 18.5. The maximum atomic E-state index is 12.6. The van der Waals surface area contributed by atoms with Crippen molar-refractivity contribution in [1.82, 2.24) is 15.0 Å². The second-order valence-corrected chi connectivity index (χ2v) is 5.52. The molecule has 2 amide bonds. The number of carbonyl (C=O) groups excluding carboxylic acids is 1. The van der Waals surface area contributed by atoms with Crippen molar-refractivity contribution in [3.05, 3.63) is 36.0 Å². The van der Waals surface area contributed by atoms with Gasteiger partial charge in [0.05, 0.1) is 6.04 Å². The van der Waals surface area contributed by atoms with Gasteiger partial charge in [-0.25, -0.2) is 9.18 Å². The molecule has 1 aromatic carbocycles. The summed E-state index contributed by atoms with van der Waals surface area (Å²) in [6.45, 7) is 1.78. The van der Waals surface area contributed by atoms with Crippen LogP contribution in [0.1, 0.15) is 30.6 Å². The van der Waals surface area contributed by atoms with Crippen molar-refractivity contribution in [3.63, 3.8) is 0 Å². The third-order valence-electron chi connectivity index (χ3n) is 3.79. The third-order valence-corrected chi connectivity index (χ3v) is 3.79. The number of urea groups is 1. The molecule has 128 valence electrons. The first-order chi connectivity index (χ1) is 11.7. The zero-order chi connectivity index (χ0) is 16.9. The summed E-state index contributed by atoms with van der Waals surface area (Å²) in [5.74, 6) is 1.52. The Bertz CT molecular complexity index is 706. The second kappa shape index (κ2) is 7.29. The zero-order valence-corrected chi connectivity index (χ0v) is 13.4. The lowest BCUT2D eigenvalue weighted by Crippen LogP contribution is -2.34. The SMILES string of the molecule is Cc1nc([C@@H]2CCCN2C(=O)Nc2cccc(OCCF)c2)no1. The van der Waals surface area contributed by atoms with Gasteiger partial charge in [0, 0.05) is 25.2 Å². The van der Waals surface area contributed by atoms with E-state index in [1.54, 1.807) is 36.1 Å². The highest BCUT2D eigenvalue weighted by Gasteiger charge is 2.33. The number of aromatic nitrogens is 2. The van der Waals surface area contributed by atoms with Crippen molar-refractivity contribution < 1.29 is 18.4 Å². The lowest BCUT2D eigenvalue weighted by atomic mass is 10.2. The van der Waals surface area contributed by atoms with E-state index in [0.29, 0.717) is 29.7 Å². The maximum absolute atomic E-state index is 12.6. The van der Waals surface area contributed by atoms with E-state index in [-0.39, 0.29) is 18.7 Å². The number of nitrogens with one attached hydrogen (secondary N) is 1. The van der Waals surface area contributed by atoms with Gasteiger partial charge < -0.3 is 19.5 Å². The Morgan fingerprint density at radius 1 is 1.54 bits per heavy atom. The minimum Gasteiger partial charge on any atom is -0.491 e. The number of carbonyl (C=O) groups is 1. The van der Waals surface area contributed by atoms with Crippen LogP contribution in [0, 0.1) is 6.92 Å². The van der Waals surface area contributed by atoms with Gasteiger partial charge in [0.15, 0.2) is 5.82 Å². The van der Waals surface area contributed by atoms with E-state index in [1.165, 1.54) is 0 Å². The van der Waals surface area contributed by atoms with Gasteiger partial charge in [-0.3, -0.25) is 0 Å². The van der Waals surface area contributed by atoms with Crippen LogP contribution < -0.4 is 10.1 Å². The number of likely N-dealkylation sites (tertiary alicyclic amines) is 1. The molecule has 1 atom stereocenters. The molecule has 0 saturated carbocycles. The van der Waals surface area contributed by atoms with Crippen LogP contribution in [0.15, 0.2) is 28.8 Å². The van der Waals surface area contributed by atoms with Crippen molar-refractivity contribution in [2.45, 2.75) is 25.8 Å². The molecule has 0 aliphatic carbocycles. The monoisotopic (exact) mass is 334 g/mol. The van der Waals surface area contributed by atoms with E-state index in [4.69, 9.17) is 9.26 Å². The van der Waals surface area contributed by atoms with Crippen molar-refractivity contribution in [1.29, 1.82) is 0 Å². The molecule has 1 saturated heterocycles. The van der Waals surface area contributed by atoms with Gasteiger partial charge in [-0.1, -0.05) is 11.2 Å². The van der Waals surface area contributed by atoms with E-state index in [2.05, 4.69) is 15.5 Å². The first-order valence-corrected chi connectivity index (χ1v) is 7.84. The number of ether oxygens (including phenoxy) is 1. The van der Waals surface area contributed by atoms with Crippen LogP contribution in [0.3, 0.4) is 0 Å². The fourth-order valence-electron chi connectivity index (χ4n) is 2.74. The standard InChI is InChI=1S/C16H19FN4O3/c1-11-18-15(20-24-11)14-6-3-8-21(14)16(22)19-12-4-2-5-13(10-12)23-9-7-17/h2,4-5,10,14H,3,6-9H2,1H3,(H,19,22)/t14-/m0/s1. The highest BCUT2D eigenvalue weighted by molar-refractivity contribution is 5.90. The topological polar surface area (TPSA) is 80.5 Å². The normalized spacial score (nSPS) is 17.1.